The highest BCUT2D eigenvalue weighted by atomic mass is 35.5. The molecule has 4 nitrogen and oxygen atoms in total. The van der Waals surface area contributed by atoms with Crippen LogP contribution in [0.4, 0.5) is 0 Å². The van der Waals surface area contributed by atoms with Gasteiger partial charge in [0.2, 0.25) is 5.91 Å². The molecule has 22 heavy (non-hydrogen) atoms. The Bertz CT molecular complexity index is 513. The van der Waals surface area contributed by atoms with Crippen molar-refractivity contribution in [1.29, 1.82) is 0 Å². The number of carboxylic acid groups (broad SMARTS) is 1. The molecule has 1 aliphatic rings. The zero-order valence-electron chi connectivity index (χ0n) is 12.3. The van der Waals surface area contributed by atoms with Crippen molar-refractivity contribution < 1.29 is 14.7 Å². The lowest BCUT2D eigenvalue weighted by molar-refractivity contribution is -0.138. The van der Waals surface area contributed by atoms with Gasteiger partial charge in [-0.1, -0.05) is 23.7 Å². The summed E-state index contributed by atoms with van der Waals surface area (Å²) in [7, 11) is 0. The smallest absolute Gasteiger partial charge is 0.303 e. The van der Waals surface area contributed by atoms with Crippen molar-refractivity contribution in [2.75, 3.05) is 18.8 Å². The van der Waals surface area contributed by atoms with Crippen LogP contribution in [-0.4, -0.2) is 40.7 Å². The van der Waals surface area contributed by atoms with Crippen LogP contribution in [0.3, 0.4) is 0 Å². The van der Waals surface area contributed by atoms with Gasteiger partial charge in [-0.15, -0.1) is 11.8 Å². The number of benzene rings is 1. The molecule has 0 saturated carbocycles. The van der Waals surface area contributed by atoms with Crippen LogP contribution in [0, 0.1) is 5.92 Å². The molecular weight excluding hydrogens is 322 g/mol. The van der Waals surface area contributed by atoms with Gasteiger partial charge in [0, 0.05) is 30.3 Å². The van der Waals surface area contributed by atoms with Crippen LogP contribution in [0.1, 0.15) is 24.8 Å². The van der Waals surface area contributed by atoms with E-state index in [9.17, 15) is 9.59 Å². The molecule has 1 fully saturated rings. The van der Waals surface area contributed by atoms with Gasteiger partial charge in [0.25, 0.3) is 0 Å². The first kappa shape index (κ1) is 17.2. The van der Waals surface area contributed by atoms with Crippen molar-refractivity contribution in [3.63, 3.8) is 0 Å². The summed E-state index contributed by atoms with van der Waals surface area (Å²) in [6.45, 7) is 1.36. The van der Waals surface area contributed by atoms with E-state index in [0.29, 0.717) is 23.9 Å². The number of amides is 1. The average Bonchev–Trinajstić information content (AvgIpc) is 2.49. The van der Waals surface area contributed by atoms with E-state index in [1.165, 1.54) is 0 Å². The molecule has 1 amide bonds. The van der Waals surface area contributed by atoms with E-state index in [4.69, 9.17) is 16.7 Å². The molecule has 0 radical (unpaired) electrons. The van der Waals surface area contributed by atoms with Crippen molar-refractivity contribution in [3.8, 4) is 0 Å². The quantitative estimate of drug-likeness (QED) is 0.862. The lowest BCUT2D eigenvalue weighted by Gasteiger charge is -2.31. The zero-order chi connectivity index (χ0) is 15.9. The second-order valence-corrected chi connectivity index (χ2v) is 6.96. The Hall–Kier alpha value is -1.20. The van der Waals surface area contributed by atoms with Gasteiger partial charge < -0.3 is 10.0 Å². The number of halogens is 1. The summed E-state index contributed by atoms with van der Waals surface area (Å²) in [6.07, 6.45) is 1.80. The molecule has 0 aliphatic carbocycles. The highest BCUT2D eigenvalue weighted by Crippen LogP contribution is 2.22. The second kappa shape index (κ2) is 8.44. The lowest BCUT2D eigenvalue weighted by Crippen LogP contribution is -2.39. The summed E-state index contributed by atoms with van der Waals surface area (Å²) in [6, 6.07) is 7.65. The number of likely N-dealkylation sites (tertiary alicyclic amines) is 1. The summed E-state index contributed by atoms with van der Waals surface area (Å²) in [5.74, 6) is 0.865. The fourth-order valence-corrected chi connectivity index (χ4v) is 3.57. The third-order valence-electron chi connectivity index (χ3n) is 3.84. The first-order chi connectivity index (χ1) is 10.5. The molecule has 0 atom stereocenters. The Kier molecular flexibility index (Phi) is 6.58. The van der Waals surface area contributed by atoms with Crippen molar-refractivity contribution in [1.82, 2.24) is 4.90 Å². The number of hydrogen-bond acceptors (Lipinski definition) is 3. The lowest BCUT2D eigenvalue weighted by atomic mass is 9.94. The number of hydrogen-bond donors (Lipinski definition) is 1. The van der Waals surface area contributed by atoms with Gasteiger partial charge in [0.15, 0.2) is 0 Å². The van der Waals surface area contributed by atoms with E-state index in [1.807, 2.05) is 29.2 Å². The number of carboxylic acids is 1. The Morgan fingerprint density at radius 2 is 1.86 bits per heavy atom. The predicted molar refractivity (Wildman–Crippen MR) is 89.2 cm³/mol. The molecule has 1 saturated heterocycles. The maximum absolute atomic E-state index is 12.1. The molecule has 1 N–H and O–H groups in total. The molecule has 1 heterocycles. The Morgan fingerprint density at radius 3 is 2.45 bits per heavy atom. The summed E-state index contributed by atoms with van der Waals surface area (Å²) >= 11 is 7.43. The normalized spacial score (nSPS) is 15.8. The predicted octanol–water partition coefficient (Wildman–Crippen LogP) is 3.29. The molecule has 0 bridgehead atoms. The van der Waals surface area contributed by atoms with E-state index >= 15 is 0 Å². The minimum Gasteiger partial charge on any atom is -0.481 e. The second-order valence-electron chi connectivity index (χ2n) is 5.54. The Balaban J connectivity index is 1.68. The third-order valence-corrected chi connectivity index (χ3v) is 5.08. The standard InChI is InChI=1S/C16H20ClNO3S/c17-14-3-1-13(2-4-14)10-22-11-15(19)18-7-5-12(6-8-18)9-16(20)21/h1-4,12H,5-11H2,(H,20,21). The molecule has 0 aromatic heterocycles. The van der Waals surface area contributed by atoms with Gasteiger partial charge in [-0.3, -0.25) is 9.59 Å². The summed E-state index contributed by atoms with van der Waals surface area (Å²) < 4.78 is 0. The monoisotopic (exact) mass is 341 g/mol. The topological polar surface area (TPSA) is 57.6 Å². The SMILES string of the molecule is O=C(O)CC1CCN(C(=O)CSCc2ccc(Cl)cc2)CC1. The molecule has 1 aromatic rings. The van der Waals surface area contributed by atoms with Crippen molar-refractivity contribution in [3.05, 3.63) is 34.9 Å². The van der Waals surface area contributed by atoms with E-state index in [1.54, 1.807) is 11.8 Å². The summed E-state index contributed by atoms with van der Waals surface area (Å²) in [5, 5.41) is 9.51. The summed E-state index contributed by atoms with van der Waals surface area (Å²) in [5.41, 5.74) is 1.15. The van der Waals surface area contributed by atoms with E-state index in [0.717, 1.165) is 24.2 Å². The van der Waals surface area contributed by atoms with E-state index in [-0.39, 0.29) is 18.2 Å². The minimum absolute atomic E-state index is 0.146. The van der Waals surface area contributed by atoms with Crippen LogP contribution in [0.5, 0.6) is 0 Å². The third kappa shape index (κ3) is 5.54. The van der Waals surface area contributed by atoms with Gasteiger partial charge in [0.1, 0.15) is 0 Å². The van der Waals surface area contributed by atoms with Crippen LogP contribution in [0.25, 0.3) is 0 Å². The highest BCUT2D eigenvalue weighted by Gasteiger charge is 2.23. The molecule has 1 aromatic carbocycles. The van der Waals surface area contributed by atoms with Crippen molar-refractivity contribution in [2.24, 2.45) is 5.92 Å². The zero-order valence-corrected chi connectivity index (χ0v) is 13.9. The van der Waals surface area contributed by atoms with Crippen LogP contribution >= 0.6 is 23.4 Å². The molecule has 1 aliphatic heterocycles. The van der Waals surface area contributed by atoms with Crippen molar-refractivity contribution >= 4 is 35.2 Å². The van der Waals surface area contributed by atoms with Crippen LogP contribution < -0.4 is 0 Å². The molecule has 0 unspecified atom stereocenters. The molecule has 120 valence electrons. The Labute approximate surface area is 139 Å². The molecule has 2 rings (SSSR count). The number of thioether (sulfide) groups is 1. The maximum atomic E-state index is 12.1. The first-order valence-corrected chi connectivity index (χ1v) is 8.89. The highest BCUT2D eigenvalue weighted by molar-refractivity contribution is 7.99. The van der Waals surface area contributed by atoms with Crippen LogP contribution in [0.15, 0.2) is 24.3 Å². The fraction of sp³-hybridized carbons (Fsp3) is 0.500. The van der Waals surface area contributed by atoms with E-state index < -0.39 is 5.97 Å². The number of piperidine rings is 1. The molecular formula is C16H20ClNO3S. The fourth-order valence-electron chi connectivity index (χ4n) is 2.56. The van der Waals surface area contributed by atoms with Crippen molar-refractivity contribution in [2.45, 2.75) is 25.0 Å². The van der Waals surface area contributed by atoms with Gasteiger partial charge in [-0.2, -0.15) is 0 Å². The Morgan fingerprint density at radius 1 is 1.23 bits per heavy atom. The maximum Gasteiger partial charge on any atom is 0.303 e. The number of carbonyl (C=O) groups excluding carboxylic acids is 1. The molecule has 0 spiro atoms. The van der Waals surface area contributed by atoms with Crippen LogP contribution in [-0.2, 0) is 15.3 Å². The number of rotatable bonds is 6. The van der Waals surface area contributed by atoms with Gasteiger partial charge in [0.05, 0.1) is 5.75 Å². The largest absolute Gasteiger partial charge is 0.481 e. The van der Waals surface area contributed by atoms with Gasteiger partial charge in [-0.25, -0.2) is 0 Å². The van der Waals surface area contributed by atoms with E-state index in [2.05, 4.69) is 0 Å². The van der Waals surface area contributed by atoms with Crippen LogP contribution in [0.2, 0.25) is 5.02 Å². The minimum atomic E-state index is -0.747. The summed E-state index contributed by atoms with van der Waals surface area (Å²) in [4.78, 5) is 24.7. The van der Waals surface area contributed by atoms with Gasteiger partial charge in [-0.05, 0) is 36.5 Å². The average molecular weight is 342 g/mol. The number of carbonyl (C=O) groups is 2. The number of nitrogens with zero attached hydrogens (tertiary/aromatic N) is 1. The van der Waals surface area contributed by atoms with Gasteiger partial charge >= 0.3 is 5.97 Å². The number of aliphatic carboxylic acids is 1. The first-order valence-electron chi connectivity index (χ1n) is 7.36. The molecule has 6 heteroatoms.